The summed E-state index contributed by atoms with van der Waals surface area (Å²) in [6, 6.07) is 3.83. The number of fused-ring (bicyclic) bond motifs is 1. The zero-order chi connectivity index (χ0) is 17.4. The molecule has 1 aromatic carbocycles. The number of aryl methyl sites for hydroxylation is 2. The number of nitrogen functional groups attached to an aromatic ring is 1. The topological polar surface area (TPSA) is 85.4 Å². The number of aromatic carboxylic acids is 1. The van der Waals surface area contributed by atoms with Gasteiger partial charge in [0.15, 0.2) is 0 Å². The minimum Gasteiger partial charge on any atom is -0.492 e. The Bertz CT molecular complexity index is 761. The predicted molar refractivity (Wildman–Crippen MR) is 92.2 cm³/mol. The van der Waals surface area contributed by atoms with Crippen LogP contribution in [0.25, 0.3) is 10.9 Å². The summed E-state index contributed by atoms with van der Waals surface area (Å²) in [5.74, 6) is -0.425. The number of hydrogen-bond donors (Lipinski definition) is 2. The summed E-state index contributed by atoms with van der Waals surface area (Å²) in [7, 11) is 0. The van der Waals surface area contributed by atoms with Crippen molar-refractivity contribution in [2.24, 2.45) is 5.41 Å². The van der Waals surface area contributed by atoms with Crippen LogP contribution in [-0.2, 0) is 6.42 Å². The molecule has 2 aromatic rings. The maximum absolute atomic E-state index is 11.5. The highest BCUT2D eigenvalue weighted by Crippen LogP contribution is 2.37. The highest BCUT2D eigenvalue weighted by molar-refractivity contribution is 6.07. The van der Waals surface area contributed by atoms with E-state index in [1.807, 2.05) is 19.1 Å². The number of carboxylic acids is 1. The average Bonchev–Trinajstić information content (AvgIpc) is 2.43. The number of pyridine rings is 1. The van der Waals surface area contributed by atoms with Crippen LogP contribution in [0.4, 0.5) is 5.69 Å². The number of anilines is 1. The van der Waals surface area contributed by atoms with Crippen LogP contribution in [0.1, 0.15) is 49.3 Å². The first-order valence-electron chi connectivity index (χ1n) is 7.73. The van der Waals surface area contributed by atoms with Crippen LogP contribution in [0.2, 0.25) is 0 Å². The fraction of sp³-hybridized carbons (Fsp3) is 0.444. The Hall–Kier alpha value is -2.30. The van der Waals surface area contributed by atoms with Gasteiger partial charge in [-0.25, -0.2) is 4.79 Å². The second kappa shape index (κ2) is 6.07. The van der Waals surface area contributed by atoms with Gasteiger partial charge < -0.3 is 15.6 Å². The molecule has 0 saturated heterocycles. The molecule has 1 heterocycles. The zero-order valence-electron chi connectivity index (χ0n) is 14.4. The van der Waals surface area contributed by atoms with Crippen molar-refractivity contribution >= 4 is 22.6 Å². The monoisotopic (exact) mass is 316 g/mol. The lowest BCUT2D eigenvalue weighted by Crippen LogP contribution is -2.18. The molecule has 3 N–H and O–H groups in total. The van der Waals surface area contributed by atoms with Gasteiger partial charge in [-0.15, -0.1) is 0 Å². The van der Waals surface area contributed by atoms with Crippen LogP contribution < -0.4 is 10.5 Å². The molecule has 0 aliphatic carbocycles. The minimum atomic E-state index is -1.07. The number of benzene rings is 1. The summed E-state index contributed by atoms with van der Waals surface area (Å²) in [5, 5.41) is 10.0. The second-order valence-corrected chi connectivity index (χ2v) is 6.94. The third-order valence-corrected chi connectivity index (χ3v) is 3.65. The third-order valence-electron chi connectivity index (χ3n) is 3.65. The molecule has 5 heteroatoms. The van der Waals surface area contributed by atoms with Crippen LogP contribution in [0, 0.1) is 12.3 Å². The lowest BCUT2D eigenvalue weighted by Gasteiger charge is -2.22. The SMILES string of the molecule is CCc1ccc2nc(C)c(C(=O)O)c(N)c2c1OCC(C)(C)C. The van der Waals surface area contributed by atoms with Crippen molar-refractivity contribution < 1.29 is 14.6 Å². The fourth-order valence-electron chi connectivity index (χ4n) is 2.53. The van der Waals surface area contributed by atoms with E-state index < -0.39 is 5.97 Å². The standard InChI is InChI=1S/C18H24N2O3/c1-6-11-7-8-12-14(16(11)23-9-18(3,4)5)15(19)13(17(21)22)10(2)20-12/h7-8H,6,9H2,1-5H3,(H2,19,20)(H,21,22). The van der Waals surface area contributed by atoms with E-state index in [2.05, 4.69) is 25.8 Å². The number of carboxylic acid groups (broad SMARTS) is 1. The molecule has 124 valence electrons. The summed E-state index contributed by atoms with van der Waals surface area (Å²) >= 11 is 0. The van der Waals surface area contributed by atoms with Crippen molar-refractivity contribution in [3.05, 3.63) is 29.0 Å². The number of nitrogens with zero attached hydrogens (tertiary/aromatic N) is 1. The van der Waals surface area contributed by atoms with Crippen LogP contribution in [0.5, 0.6) is 5.75 Å². The van der Waals surface area contributed by atoms with Gasteiger partial charge in [-0.3, -0.25) is 4.98 Å². The van der Waals surface area contributed by atoms with E-state index in [-0.39, 0.29) is 16.7 Å². The Morgan fingerprint density at radius 1 is 1.35 bits per heavy atom. The lowest BCUT2D eigenvalue weighted by molar-refractivity contribution is 0.0697. The van der Waals surface area contributed by atoms with E-state index >= 15 is 0 Å². The Kier molecular flexibility index (Phi) is 4.50. The summed E-state index contributed by atoms with van der Waals surface area (Å²) in [6.07, 6.45) is 0.769. The first kappa shape index (κ1) is 17.1. The van der Waals surface area contributed by atoms with E-state index in [1.54, 1.807) is 6.92 Å². The van der Waals surface area contributed by atoms with E-state index in [4.69, 9.17) is 10.5 Å². The Morgan fingerprint density at radius 3 is 2.52 bits per heavy atom. The van der Waals surface area contributed by atoms with Crippen LogP contribution >= 0.6 is 0 Å². The van der Waals surface area contributed by atoms with Gasteiger partial charge in [0.25, 0.3) is 0 Å². The quantitative estimate of drug-likeness (QED) is 0.895. The Labute approximate surface area is 136 Å². The number of ether oxygens (including phenoxy) is 1. The van der Waals surface area contributed by atoms with Crippen molar-refractivity contribution in [3.63, 3.8) is 0 Å². The van der Waals surface area contributed by atoms with Gasteiger partial charge in [0.2, 0.25) is 0 Å². The molecule has 5 nitrogen and oxygen atoms in total. The minimum absolute atomic E-state index is 0.0182. The number of aromatic nitrogens is 1. The number of nitrogens with two attached hydrogens (primary N) is 1. The second-order valence-electron chi connectivity index (χ2n) is 6.94. The zero-order valence-corrected chi connectivity index (χ0v) is 14.4. The molecule has 0 radical (unpaired) electrons. The molecule has 2 rings (SSSR count). The van der Waals surface area contributed by atoms with Crippen molar-refractivity contribution in [2.45, 2.75) is 41.0 Å². The maximum Gasteiger partial charge on any atom is 0.339 e. The number of hydrogen-bond acceptors (Lipinski definition) is 4. The average molecular weight is 316 g/mol. The van der Waals surface area contributed by atoms with Gasteiger partial charge in [0, 0.05) is 0 Å². The molecule has 0 aliphatic heterocycles. The first-order chi connectivity index (χ1) is 10.7. The number of carbonyl (C=O) groups is 1. The van der Waals surface area contributed by atoms with Gasteiger partial charge in [0.05, 0.1) is 28.9 Å². The molecule has 0 unspecified atom stereocenters. The molecule has 0 aliphatic rings. The fourth-order valence-corrected chi connectivity index (χ4v) is 2.53. The van der Waals surface area contributed by atoms with E-state index in [0.717, 1.165) is 12.0 Å². The predicted octanol–water partition coefficient (Wildman–Crippen LogP) is 3.81. The van der Waals surface area contributed by atoms with Crippen molar-refractivity contribution in [2.75, 3.05) is 12.3 Å². The highest BCUT2D eigenvalue weighted by Gasteiger charge is 2.21. The summed E-state index contributed by atoms with van der Waals surface area (Å²) in [4.78, 5) is 15.9. The number of rotatable bonds is 4. The molecule has 0 fully saturated rings. The summed E-state index contributed by atoms with van der Waals surface area (Å²) in [6.45, 7) is 10.4. The maximum atomic E-state index is 11.5. The van der Waals surface area contributed by atoms with Crippen LogP contribution in [-0.4, -0.2) is 22.7 Å². The van der Waals surface area contributed by atoms with Gasteiger partial charge >= 0.3 is 5.97 Å². The van der Waals surface area contributed by atoms with E-state index in [0.29, 0.717) is 29.0 Å². The van der Waals surface area contributed by atoms with Crippen molar-refractivity contribution in [1.82, 2.24) is 4.98 Å². The van der Waals surface area contributed by atoms with Crippen molar-refractivity contribution in [1.29, 1.82) is 0 Å². The molecule has 0 saturated carbocycles. The molecule has 0 bridgehead atoms. The highest BCUT2D eigenvalue weighted by atomic mass is 16.5. The van der Waals surface area contributed by atoms with Gasteiger partial charge in [-0.05, 0) is 30.4 Å². The molecule has 0 amide bonds. The molecule has 0 atom stereocenters. The summed E-state index contributed by atoms with van der Waals surface area (Å²) < 4.78 is 6.05. The molecular weight excluding hydrogens is 292 g/mol. The van der Waals surface area contributed by atoms with Gasteiger partial charge in [0.1, 0.15) is 11.3 Å². The first-order valence-corrected chi connectivity index (χ1v) is 7.73. The Morgan fingerprint density at radius 2 is 2.00 bits per heavy atom. The molecular formula is C18H24N2O3. The molecule has 23 heavy (non-hydrogen) atoms. The smallest absolute Gasteiger partial charge is 0.339 e. The van der Waals surface area contributed by atoms with E-state index in [9.17, 15) is 9.90 Å². The molecule has 1 aromatic heterocycles. The van der Waals surface area contributed by atoms with Crippen molar-refractivity contribution in [3.8, 4) is 5.75 Å². The van der Waals surface area contributed by atoms with Crippen LogP contribution in [0.3, 0.4) is 0 Å². The molecule has 0 spiro atoms. The van der Waals surface area contributed by atoms with Gasteiger partial charge in [-0.2, -0.15) is 0 Å². The third kappa shape index (κ3) is 3.38. The summed E-state index contributed by atoms with van der Waals surface area (Å²) in [5.41, 5.74) is 8.50. The largest absolute Gasteiger partial charge is 0.492 e. The van der Waals surface area contributed by atoms with Crippen LogP contribution in [0.15, 0.2) is 12.1 Å². The van der Waals surface area contributed by atoms with E-state index in [1.165, 1.54) is 0 Å². The normalized spacial score (nSPS) is 11.7. The lowest BCUT2D eigenvalue weighted by atomic mass is 9.98. The Balaban J connectivity index is 2.75. The van der Waals surface area contributed by atoms with Gasteiger partial charge in [-0.1, -0.05) is 33.8 Å².